The standard InChI is InChI=1S/C14H15Cl2NO/c1-9-3-6-14(18-9)13(17-2)8-10-4-5-11(15)12(16)7-10/h3-7,13,17H,8H2,1-2H3. The number of nitrogens with one attached hydrogen (secondary N) is 1. The molecule has 1 aromatic heterocycles. The highest BCUT2D eigenvalue weighted by Crippen LogP contribution is 2.26. The molecule has 0 fully saturated rings. The normalized spacial score (nSPS) is 12.7. The van der Waals surface area contributed by atoms with Crippen molar-refractivity contribution in [3.05, 3.63) is 57.5 Å². The molecule has 0 aliphatic carbocycles. The summed E-state index contributed by atoms with van der Waals surface area (Å²) in [7, 11) is 1.92. The smallest absolute Gasteiger partial charge is 0.121 e. The number of likely N-dealkylation sites (N-methyl/N-ethyl adjacent to an activating group) is 1. The van der Waals surface area contributed by atoms with Crippen LogP contribution < -0.4 is 5.32 Å². The van der Waals surface area contributed by atoms with E-state index in [0.717, 1.165) is 23.5 Å². The van der Waals surface area contributed by atoms with Crippen LogP contribution in [0.5, 0.6) is 0 Å². The molecule has 1 unspecified atom stereocenters. The van der Waals surface area contributed by atoms with Gasteiger partial charge in [-0.05, 0) is 50.2 Å². The summed E-state index contributed by atoms with van der Waals surface area (Å²) in [5.74, 6) is 1.85. The van der Waals surface area contributed by atoms with Crippen LogP contribution in [0.3, 0.4) is 0 Å². The molecule has 1 N–H and O–H groups in total. The van der Waals surface area contributed by atoms with Crippen molar-refractivity contribution in [2.45, 2.75) is 19.4 Å². The summed E-state index contributed by atoms with van der Waals surface area (Å²) >= 11 is 11.9. The number of halogens is 2. The Hall–Kier alpha value is -0.960. The highest BCUT2D eigenvalue weighted by molar-refractivity contribution is 6.42. The fourth-order valence-corrected chi connectivity index (χ4v) is 2.21. The number of aryl methyl sites for hydroxylation is 1. The van der Waals surface area contributed by atoms with Gasteiger partial charge in [0.25, 0.3) is 0 Å². The van der Waals surface area contributed by atoms with E-state index in [1.165, 1.54) is 0 Å². The number of benzene rings is 1. The van der Waals surface area contributed by atoms with E-state index < -0.39 is 0 Å². The first kappa shape index (κ1) is 13.5. The maximum absolute atomic E-state index is 6.01. The van der Waals surface area contributed by atoms with Crippen molar-refractivity contribution in [2.75, 3.05) is 7.05 Å². The van der Waals surface area contributed by atoms with Gasteiger partial charge in [0.2, 0.25) is 0 Å². The highest BCUT2D eigenvalue weighted by Gasteiger charge is 2.14. The Labute approximate surface area is 117 Å². The van der Waals surface area contributed by atoms with E-state index in [1.807, 2.05) is 44.3 Å². The molecule has 96 valence electrons. The predicted molar refractivity (Wildman–Crippen MR) is 75.4 cm³/mol. The second-order valence-electron chi connectivity index (χ2n) is 4.24. The van der Waals surface area contributed by atoms with Crippen LogP contribution in [0.2, 0.25) is 10.0 Å². The largest absolute Gasteiger partial charge is 0.465 e. The molecular weight excluding hydrogens is 269 g/mol. The summed E-state index contributed by atoms with van der Waals surface area (Å²) in [4.78, 5) is 0. The molecule has 0 aliphatic rings. The minimum atomic E-state index is 0.135. The average molecular weight is 284 g/mol. The molecule has 2 nitrogen and oxygen atoms in total. The Kier molecular flexibility index (Phi) is 4.33. The van der Waals surface area contributed by atoms with Crippen molar-refractivity contribution in [3.63, 3.8) is 0 Å². The Morgan fingerprint density at radius 3 is 2.50 bits per heavy atom. The van der Waals surface area contributed by atoms with Gasteiger partial charge in [-0.1, -0.05) is 29.3 Å². The third-order valence-corrected chi connectivity index (χ3v) is 3.62. The molecule has 0 aliphatic heterocycles. The van der Waals surface area contributed by atoms with Gasteiger partial charge in [0, 0.05) is 0 Å². The van der Waals surface area contributed by atoms with Gasteiger partial charge < -0.3 is 9.73 Å². The zero-order valence-electron chi connectivity index (χ0n) is 10.3. The molecule has 0 saturated carbocycles. The van der Waals surface area contributed by atoms with Crippen LogP contribution in [0.15, 0.2) is 34.7 Å². The molecule has 0 saturated heterocycles. The van der Waals surface area contributed by atoms with Crippen LogP contribution in [0.25, 0.3) is 0 Å². The molecule has 18 heavy (non-hydrogen) atoms. The molecular formula is C14H15Cl2NO. The minimum absolute atomic E-state index is 0.135. The van der Waals surface area contributed by atoms with Crippen molar-refractivity contribution in [1.82, 2.24) is 5.32 Å². The Morgan fingerprint density at radius 2 is 1.94 bits per heavy atom. The second kappa shape index (κ2) is 5.79. The predicted octanol–water partition coefficient (Wildman–Crippen LogP) is 4.40. The quantitative estimate of drug-likeness (QED) is 0.900. The van der Waals surface area contributed by atoms with Gasteiger partial charge in [-0.15, -0.1) is 0 Å². The maximum Gasteiger partial charge on any atom is 0.121 e. The lowest BCUT2D eigenvalue weighted by molar-refractivity contribution is 0.414. The van der Waals surface area contributed by atoms with E-state index in [2.05, 4.69) is 5.32 Å². The molecule has 0 bridgehead atoms. The summed E-state index contributed by atoms with van der Waals surface area (Å²) in [6.45, 7) is 1.94. The van der Waals surface area contributed by atoms with Crippen molar-refractivity contribution < 1.29 is 4.42 Å². The lowest BCUT2D eigenvalue weighted by atomic mass is 10.0. The third-order valence-electron chi connectivity index (χ3n) is 2.88. The Morgan fingerprint density at radius 1 is 1.17 bits per heavy atom. The van der Waals surface area contributed by atoms with Gasteiger partial charge in [0.05, 0.1) is 16.1 Å². The van der Waals surface area contributed by atoms with E-state index >= 15 is 0 Å². The van der Waals surface area contributed by atoms with Crippen molar-refractivity contribution in [1.29, 1.82) is 0 Å². The summed E-state index contributed by atoms with van der Waals surface area (Å²) < 4.78 is 5.64. The van der Waals surface area contributed by atoms with Crippen LogP contribution >= 0.6 is 23.2 Å². The first-order chi connectivity index (χ1) is 8.60. The van der Waals surface area contributed by atoms with Gasteiger partial charge in [-0.25, -0.2) is 0 Å². The summed E-state index contributed by atoms with van der Waals surface area (Å²) in [5, 5.41) is 4.41. The lowest BCUT2D eigenvalue weighted by Crippen LogP contribution is -2.18. The molecule has 1 aromatic carbocycles. The second-order valence-corrected chi connectivity index (χ2v) is 5.06. The first-order valence-corrected chi connectivity index (χ1v) is 6.53. The Bertz CT molecular complexity index is 536. The molecule has 4 heteroatoms. The molecule has 1 heterocycles. The zero-order chi connectivity index (χ0) is 13.1. The first-order valence-electron chi connectivity index (χ1n) is 5.77. The number of furan rings is 1. The van der Waals surface area contributed by atoms with Crippen LogP contribution in [-0.2, 0) is 6.42 Å². The number of rotatable bonds is 4. The molecule has 2 rings (SSSR count). The Balaban J connectivity index is 2.17. The van der Waals surface area contributed by atoms with Gasteiger partial charge in [-0.2, -0.15) is 0 Å². The van der Waals surface area contributed by atoms with E-state index in [9.17, 15) is 0 Å². The topological polar surface area (TPSA) is 25.2 Å². The fraction of sp³-hybridized carbons (Fsp3) is 0.286. The van der Waals surface area contributed by atoms with Gasteiger partial charge in [0.1, 0.15) is 11.5 Å². The summed E-state index contributed by atoms with van der Waals surface area (Å²) in [5.41, 5.74) is 1.12. The van der Waals surface area contributed by atoms with Gasteiger partial charge in [0.15, 0.2) is 0 Å². The van der Waals surface area contributed by atoms with E-state index in [-0.39, 0.29) is 6.04 Å². The fourth-order valence-electron chi connectivity index (χ4n) is 1.89. The molecule has 2 aromatic rings. The lowest BCUT2D eigenvalue weighted by Gasteiger charge is -2.14. The maximum atomic E-state index is 6.01. The summed E-state index contributed by atoms with van der Waals surface area (Å²) in [6, 6.07) is 9.79. The highest BCUT2D eigenvalue weighted by atomic mass is 35.5. The van der Waals surface area contributed by atoms with Crippen molar-refractivity contribution >= 4 is 23.2 Å². The van der Waals surface area contributed by atoms with Crippen LogP contribution in [0.4, 0.5) is 0 Å². The molecule has 1 atom stereocenters. The van der Waals surface area contributed by atoms with E-state index in [0.29, 0.717) is 10.0 Å². The van der Waals surface area contributed by atoms with Gasteiger partial charge >= 0.3 is 0 Å². The number of hydrogen-bond acceptors (Lipinski definition) is 2. The number of hydrogen-bond donors (Lipinski definition) is 1. The zero-order valence-corrected chi connectivity index (χ0v) is 11.8. The summed E-state index contributed by atoms with van der Waals surface area (Å²) in [6.07, 6.45) is 0.806. The molecule has 0 spiro atoms. The monoisotopic (exact) mass is 283 g/mol. The van der Waals surface area contributed by atoms with E-state index in [1.54, 1.807) is 0 Å². The van der Waals surface area contributed by atoms with Crippen molar-refractivity contribution in [3.8, 4) is 0 Å². The van der Waals surface area contributed by atoms with Gasteiger partial charge in [-0.3, -0.25) is 0 Å². The van der Waals surface area contributed by atoms with Crippen LogP contribution in [0, 0.1) is 6.92 Å². The SMILES string of the molecule is CNC(Cc1ccc(Cl)c(Cl)c1)c1ccc(C)o1. The molecule has 0 radical (unpaired) electrons. The van der Waals surface area contributed by atoms with Crippen molar-refractivity contribution in [2.24, 2.45) is 0 Å². The van der Waals surface area contributed by atoms with E-state index in [4.69, 9.17) is 27.6 Å². The average Bonchev–Trinajstić information content (AvgIpc) is 2.77. The third kappa shape index (κ3) is 3.08. The van der Waals surface area contributed by atoms with Crippen LogP contribution in [-0.4, -0.2) is 7.05 Å². The van der Waals surface area contributed by atoms with Crippen LogP contribution in [0.1, 0.15) is 23.1 Å². The minimum Gasteiger partial charge on any atom is -0.465 e. The molecule has 0 amide bonds.